The third-order valence-corrected chi connectivity index (χ3v) is 4.79. The Balaban J connectivity index is 1.56. The summed E-state index contributed by atoms with van der Waals surface area (Å²) in [6, 6.07) is 9.68. The summed E-state index contributed by atoms with van der Waals surface area (Å²) >= 11 is 1.63. The lowest BCUT2D eigenvalue weighted by molar-refractivity contribution is -0.117. The molecule has 1 aliphatic heterocycles. The molecule has 2 heterocycles. The van der Waals surface area contributed by atoms with Crippen molar-refractivity contribution >= 4 is 22.9 Å². The maximum Gasteiger partial charge on any atom is 0.232 e. The Bertz CT molecular complexity index is 638. The van der Waals surface area contributed by atoms with Crippen molar-refractivity contribution in [2.75, 3.05) is 38.3 Å². The van der Waals surface area contributed by atoms with Crippen molar-refractivity contribution in [2.24, 2.45) is 0 Å². The van der Waals surface area contributed by atoms with E-state index in [2.05, 4.69) is 9.88 Å². The normalized spacial score (nSPS) is 15.5. The molecule has 1 saturated heterocycles. The summed E-state index contributed by atoms with van der Waals surface area (Å²) in [5.74, 6) is 0.0550. The minimum Gasteiger partial charge on any atom is -0.379 e. The summed E-state index contributed by atoms with van der Waals surface area (Å²) in [6.07, 6.45) is 0.338. The summed E-state index contributed by atoms with van der Waals surface area (Å²) < 4.78 is 5.35. The molecule has 0 aliphatic carbocycles. The van der Waals surface area contributed by atoms with Crippen molar-refractivity contribution in [1.29, 1.82) is 0 Å². The highest BCUT2D eigenvalue weighted by atomic mass is 32.1. The predicted octanol–water partition coefficient (Wildman–Crippen LogP) is 2.18. The molecular formula is C17H21N3O2S. The molecule has 6 heteroatoms. The number of carbonyl (C=O) groups is 1. The Morgan fingerprint density at radius 3 is 2.78 bits per heavy atom. The molecular weight excluding hydrogens is 310 g/mol. The number of likely N-dealkylation sites (N-methyl/N-ethyl adjacent to an activating group) is 1. The highest BCUT2D eigenvalue weighted by Gasteiger charge is 2.16. The van der Waals surface area contributed by atoms with E-state index in [1.165, 1.54) is 0 Å². The summed E-state index contributed by atoms with van der Waals surface area (Å²) in [5.41, 5.74) is 1.76. The Hall–Kier alpha value is -1.76. The molecule has 0 saturated carbocycles. The smallest absolute Gasteiger partial charge is 0.232 e. The number of rotatable bonds is 5. The molecule has 122 valence electrons. The number of aromatic nitrogens is 1. The van der Waals surface area contributed by atoms with Crippen LogP contribution in [-0.2, 0) is 22.5 Å². The predicted molar refractivity (Wildman–Crippen MR) is 91.8 cm³/mol. The first-order chi connectivity index (χ1) is 11.2. The SMILES string of the molecule is CN(C(=O)Cc1csc(CN2CCOCC2)n1)c1ccccc1. The van der Waals surface area contributed by atoms with Gasteiger partial charge in [0.25, 0.3) is 0 Å². The van der Waals surface area contributed by atoms with Crippen LogP contribution in [0.3, 0.4) is 0 Å². The zero-order valence-corrected chi connectivity index (χ0v) is 14.1. The lowest BCUT2D eigenvalue weighted by Crippen LogP contribution is -2.35. The Morgan fingerprint density at radius 1 is 1.30 bits per heavy atom. The van der Waals surface area contributed by atoms with E-state index in [1.54, 1.807) is 23.3 Å². The maximum absolute atomic E-state index is 12.4. The number of hydrogen-bond acceptors (Lipinski definition) is 5. The van der Waals surface area contributed by atoms with Gasteiger partial charge in [-0.05, 0) is 12.1 Å². The number of carbonyl (C=O) groups excluding carboxylic acids is 1. The second kappa shape index (κ2) is 7.68. The molecule has 0 spiro atoms. The molecule has 0 atom stereocenters. The lowest BCUT2D eigenvalue weighted by Gasteiger charge is -2.25. The van der Waals surface area contributed by atoms with Crippen LogP contribution in [0, 0.1) is 0 Å². The fourth-order valence-corrected chi connectivity index (χ4v) is 3.36. The van der Waals surface area contributed by atoms with Gasteiger partial charge < -0.3 is 9.64 Å². The van der Waals surface area contributed by atoms with Gasteiger partial charge in [0.1, 0.15) is 5.01 Å². The van der Waals surface area contributed by atoms with E-state index in [-0.39, 0.29) is 5.91 Å². The molecule has 23 heavy (non-hydrogen) atoms. The first kappa shape index (κ1) is 16.1. The maximum atomic E-state index is 12.4. The van der Waals surface area contributed by atoms with Crippen LogP contribution in [0.4, 0.5) is 5.69 Å². The van der Waals surface area contributed by atoms with Gasteiger partial charge in [-0.3, -0.25) is 9.69 Å². The van der Waals surface area contributed by atoms with Gasteiger partial charge in [-0.2, -0.15) is 0 Å². The average molecular weight is 331 g/mol. The minimum atomic E-state index is 0.0550. The van der Waals surface area contributed by atoms with Crippen molar-refractivity contribution in [3.8, 4) is 0 Å². The minimum absolute atomic E-state index is 0.0550. The number of nitrogens with zero attached hydrogens (tertiary/aromatic N) is 3. The summed E-state index contributed by atoms with van der Waals surface area (Å²) in [7, 11) is 1.80. The van der Waals surface area contributed by atoms with Gasteiger partial charge in [-0.1, -0.05) is 18.2 Å². The standard InChI is InChI=1S/C17H21N3O2S/c1-19(15-5-3-2-4-6-15)17(21)11-14-13-23-16(18-14)12-20-7-9-22-10-8-20/h2-6,13H,7-12H2,1H3. The first-order valence-corrected chi connectivity index (χ1v) is 8.65. The number of benzene rings is 1. The lowest BCUT2D eigenvalue weighted by atomic mass is 10.2. The van der Waals surface area contributed by atoms with E-state index in [1.807, 2.05) is 35.7 Å². The van der Waals surface area contributed by atoms with Crippen LogP contribution >= 0.6 is 11.3 Å². The van der Waals surface area contributed by atoms with E-state index >= 15 is 0 Å². The summed E-state index contributed by atoms with van der Waals surface area (Å²) in [4.78, 5) is 21.0. The summed E-state index contributed by atoms with van der Waals surface area (Å²) in [5, 5.41) is 3.06. The van der Waals surface area contributed by atoms with Gasteiger partial charge in [0, 0.05) is 31.2 Å². The fraction of sp³-hybridized carbons (Fsp3) is 0.412. The second-order valence-electron chi connectivity index (χ2n) is 5.59. The van der Waals surface area contributed by atoms with E-state index in [9.17, 15) is 4.79 Å². The number of thiazole rings is 1. The molecule has 1 aromatic carbocycles. The Kier molecular flexibility index (Phi) is 5.38. The molecule has 1 fully saturated rings. The van der Waals surface area contributed by atoms with Crippen LogP contribution in [0.1, 0.15) is 10.7 Å². The topological polar surface area (TPSA) is 45.7 Å². The molecule has 1 aromatic heterocycles. The van der Waals surface area contributed by atoms with Crippen molar-refractivity contribution in [2.45, 2.75) is 13.0 Å². The van der Waals surface area contributed by atoms with Crippen molar-refractivity contribution < 1.29 is 9.53 Å². The summed E-state index contributed by atoms with van der Waals surface area (Å²) in [6.45, 7) is 4.32. The van der Waals surface area contributed by atoms with Gasteiger partial charge in [0.2, 0.25) is 5.91 Å². The zero-order chi connectivity index (χ0) is 16.1. The molecule has 1 aliphatic rings. The number of ether oxygens (including phenoxy) is 1. The highest BCUT2D eigenvalue weighted by molar-refractivity contribution is 7.09. The van der Waals surface area contributed by atoms with Crippen LogP contribution in [0.5, 0.6) is 0 Å². The number of amides is 1. The van der Waals surface area contributed by atoms with Crippen molar-refractivity contribution in [3.05, 3.63) is 46.4 Å². The van der Waals surface area contributed by atoms with Gasteiger partial charge in [0.05, 0.1) is 31.9 Å². The molecule has 2 aromatic rings. The molecule has 3 rings (SSSR count). The van der Waals surface area contributed by atoms with Gasteiger partial charge in [-0.15, -0.1) is 11.3 Å². The van der Waals surface area contributed by atoms with E-state index in [4.69, 9.17) is 4.74 Å². The molecule has 0 bridgehead atoms. The van der Waals surface area contributed by atoms with Crippen LogP contribution in [-0.4, -0.2) is 49.1 Å². The fourth-order valence-electron chi connectivity index (χ4n) is 2.52. The van der Waals surface area contributed by atoms with Gasteiger partial charge >= 0.3 is 0 Å². The number of anilines is 1. The molecule has 0 radical (unpaired) electrons. The number of hydrogen-bond donors (Lipinski definition) is 0. The molecule has 0 N–H and O–H groups in total. The molecule has 0 unspecified atom stereocenters. The van der Waals surface area contributed by atoms with Crippen LogP contribution in [0.25, 0.3) is 0 Å². The third-order valence-electron chi connectivity index (χ3n) is 3.91. The third kappa shape index (κ3) is 4.37. The van der Waals surface area contributed by atoms with Crippen molar-refractivity contribution in [1.82, 2.24) is 9.88 Å². The van der Waals surface area contributed by atoms with Crippen LogP contribution in [0.15, 0.2) is 35.7 Å². The van der Waals surface area contributed by atoms with Crippen LogP contribution < -0.4 is 4.90 Å². The Labute approximate surface area is 140 Å². The first-order valence-electron chi connectivity index (χ1n) is 7.77. The van der Waals surface area contributed by atoms with E-state index < -0.39 is 0 Å². The average Bonchev–Trinajstić information content (AvgIpc) is 3.02. The van der Waals surface area contributed by atoms with E-state index in [0.29, 0.717) is 6.42 Å². The number of para-hydroxylation sites is 1. The van der Waals surface area contributed by atoms with Crippen LogP contribution in [0.2, 0.25) is 0 Å². The largest absolute Gasteiger partial charge is 0.379 e. The van der Waals surface area contributed by atoms with E-state index in [0.717, 1.165) is 49.2 Å². The van der Waals surface area contributed by atoms with Gasteiger partial charge in [0.15, 0.2) is 0 Å². The monoisotopic (exact) mass is 331 g/mol. The second-order valence-corrected chi connectivity index (χ2v) is 6.53. The zero-order valence-electron chi connectivity index (χ0n) is 13.3. The van der Waals surface area contributed by atoms with Gasteiger partial charge in [-0.25, -0.2) is 4.98 Å². The Morgan fingerprint density at radius 2 is 2.04 bits per heavy atom. The highest BCUT2D eigenvalue weighted by Crippen LogP contribution is 2.16. The quantitative estimate of drug-likeness (QED) is 0.842. The molecule has 1 amide bonds. The molecule has 5 nitrogen and oxygen atoms in total. The van der Waals surface area contributed by atoms with Crippen molar-refractivity contribution in [3.63, 3.8) is 0 Å². The number of morpholine rings is 1.